The molecule has 1 unspecified atom stereocenters. The van der Waals surface area contributed by atoms with Crippen LogP contribution in [0.1, 0.15) is 51.4 Å². The molecule has 0 aromatic rings. The van der Waals surface area contributed by atoms with Gasteiger partial charge in [0.1, 0.15) is 6.10 Å². The molecule has 2 atom stereocenters. The van der Waals surface area contributed by atoms with Crippen LogP contribution in [0.2, 0.25) is 0 Å². The van der Waals surface area contributed by atoms with Crippen molar-refractivity contribution < 1.29 is 42.9 Å². The Bertz CT molecular complexity index is 539. The average molecular weight is 426 g/mol. The van der Waals surface area contributed by atoms with Gasteiger partial charge in [-0.2, -0.15) is 0 Å². The highest BCUT2D eigenvalue weighted by Crippen LogP contribution is 2.19. The minimum atomic E-state index is -0.648. The fourth-order valence-corrected chi connectivity index (χ4v) is 2.55. The molecule has 9 nitrogen and oxygen atoms in total. The first kappa shape index (κ1) is 25.4. The largest absolute Gasteiger partial charge is 0.463 e. The summed E-state index contributed by atoms with van der Waals surface area (Å²) in [6.45, 7) is 7.22. The molecule has 1 heterocycles. The third-order valence-electron chi connectivity index (χ3n) is 4.13. The lowest BCUT2D eigenvalue weighted by molar-refractivity contribution is -0.204. The Labute approximate surface area is 176 Å². The molecule has 0 radical (unpaired) electrons. The fourth-order valence-electron chi connectivity index (χ4n) is 2.55. The van der Waals surface area contributed by atoms with Crippen molar-refractivity contribution in [3.8, 4) is 0 Å². The van der Waals surface area contributed by atoms with Crippen molar-refractivity contribution in [1.29, 1.82) is 0 Å². The van der Waals surface area contributed by atoms with Gasteiger partial charge in [0.15, 0.2) is 0 Å². The van der Waals surface area contributed by atoms with Gasteiger partial charge < -0.3 is 23.7 Å². The second kappa shape index (κ2) is 15.2. The van der Waals surface area contributed by atoms with Crippen molar-refractivity contribution in [2.24, 2.45) is 0 Å². The zero-order chi connectivity index (χ0) is 22.2. The number of rotatable bonds is 14. The first-order chi connectivity index (χ1) is 14.4. The van der Waals surface area contributed by atoms with Crippen LogP contribution in [0.4, 0.5) is 0 Å². The summed E-state index contributed by atoms with van der Waals surface area (Å²) < 4.78 is 25.7. The number of hydrogen-bond acceptors (Lipinski definition) is 9. The van der Waals surface area contributed by atoms with E-state index < -0.39 is 18.2 Å². The van der Waals surface area contributed by atoms with Crippen molar-refractivity contribution in [2.75, 3.05) is 19.8 Å². The zero-order valence-corrected chi connectivity index (χ0v) is 17.2. The van der Waals surface area contributed by atoms with Crippen LogP contribution in [-0.2, 0) is 42.9 Å². The van der Waals surface area contributed by atoms with Crippen LogP contribution in [0.25, 0.3) is 0 Å². The van der Waals surface area contributed by atoms with Gasteiger partial charge in [-0.05, 0) is 32.1 Å². The summed E-state index contributed by atoms with van der Waals surface area (Å²) in [6.07, 6.45) is 4.75. The predicted molar refractivity (Wildman–Crippen MR) is 105 cm³/mol. The first-order valence-corrected chi connectivity index (χ1v) is 10.0. The van der Waals surface area contributed by atoms with Gasteiger partial charge in [0, 0.05) is 31.4 Å². The molecule has 0 amide bonds. The van der Waals surface area contributed by atoms with E-state index in [2.05, 4.69) is 13.2 Å². The maximum absolute atomic E-state index is 11.8. The lowest BCUT2D eigenvalue weighted by Gasteiger charge is -2.28. The second-order valence-corrected chi connectivity index (χ2v) is 6.60. The molecule has 0 N–H and O–H groups in total. The summed E-state index contributed by atoms with van der Waals surface area (Å²) in [4.78, 5) is 45.4. The van der Waals surface area contributed by atoms with E-state index in [9.17, 15) is 19.2 Å². The molecule has 0 saturated carbocycles. The van der Waals surface area contributed by atoms with E-state index in [0.717, 1.165) is 12.2 Å². The predicted octanol–water partition coefficient (Wildman–Crippen LogP) is 2.38. The fraction of sp³-hybridized carbons (Fsp3) is 0.619. The first-order valence-electron chi connectivity index (χ1n) is 10.0. The van der Waals surface area contributed by atoms with Crippen LogP contribution < -0.4 is 0 Å². The number of hydrogen-bond donors (Lipinski definition) is 0. The van der Waals surface area contributed by atoms with Crippen molar-refractivity contribution >= 4 is 23.9 Å². The Morgan fingerprint density at radius 2 is 1.33 bits per heavy atom. The molecule has 9 heteroatoms. The highest BCUT2D eigenvalue weighted by Gasteiger charge is 2.26. The van der Waals surface area contributed by atoms with Gasteiger partial charge in [-0.3, -0.25) is 9.59 Å². The van der Waals surface area contributed by atoms with E-state index in [1.165, 1.54) is 0 Å². The van der Waals surface area contributed by atoms with Gasteiger partial charge in [-0.15, -0.1) is 0 Å². The van der Waals surface area contributed by atoms with Crippen LogP contribution in [0, 0.1) is 0 Å². The Hall–Kier alpha value is -2.68. The van der Waals surface area contributed by atoms with Crippen LogP contribution >= 0.6 is 0 Å². The number of esters is 4. The highest BCUT2D eigenvalue weighted by molar-refractivity contribution is 5.81. The molecule has 1 saturated heterocycles. The van der Waals surface area contributed by atoms with Gasteiger partial charge in [0.25, 0.3) is 0 Å². The van der Waals surface area contributed by atoms with E-state index in [1.807, 2.05) is 0 Å². The Morgan fingerprint density at radius 3 is 1.80 bits per heavy atom. The standard InChI is InChI=1S/C21H30O9/c1-3-17(22)26-13-7-5-9-19(24)29-16-11-12-21(28-15-16)30-20(25)10-6-8-14-27-18(23)4-2/h3-4,16,21H,1-2,5-15H2/t16-,21?/m0/s1. The maximum Gasteiger partial charge on any atom is 0.330 e. The Kier molecular flexibility index (Phi) is 12.8. The Balaban J connectivity index is 2.06. The number of carbonyl (C=O) groups excluding carboxylic acids is 4. The van der Waals surface area contributed by atoms with E-state index in [0.29, 0.717) is 38.5 Å². The number of carbonyl (C=O) groups is 4. The quantitative estimate of drug-likeness (QED) is 0.179. The van der Waals surface area contributed by atoms with Gasteiger partial charge in [0.2, 0.25) is 6.29 Å². The average Bonchev–Trinajstić information content (AvgIpc) is 2.74. The van der Waals surface area contributed by atoms with Crippen molar-refractivity contribution in [3.05, 3.63) is 25.3 Å². The molecule has 0 spiro atoms. The summed E-state index contributed by atoms with van der Waals surface area (Å²) in [7, 11) is 0. The van der Waals surface area contributed by atoms with Crippen LogP contribution in [0.3, 0.4) is 0 Å². The summed E-state index contributed by atoms with van der Waals surface area (Å²) in [6, 6.07) is 0. The molecule has 0 aliphatic carbocycles. The maximum atomic E-state index is 11.8. The third-order valence-corrected chi connectivity index (χ3v) is 4.13. The van der Waals surface area contributed by atoms with E-state index >= 15 is 0 Å². The zero-order valence-electron chi connectivity index (χ0n) is 17.2. The molecule has 168 valence electrons. The molecular weight excluding hydrogens is 396 g/mol. The smallest absolute Gasteiger partial charge is 0.330 e. The highest BCUT2D eigenvalue weighted by atomic mass is 16.7. The number of unbranched alkanes of at least 4 members (excludes halogenated alkanes) is 2. The molecule has 1 aliphatic rings. The summed E-state index contributed by atoms with van der Waals surface area (Å²) in [5.74, 6) is -1.70. The van der Waals surface area contributed by atoms with Crippen LogP contribution in [0.15, 0.2) is 25.3 Å². The number of ether oxygens (including phenoxy) is 5. The third kappa shape index (κ3) is 12.0. The molecular formula is C21H30O9. The van der Waals surface area contributed by atoms with E-state index in [1.54, 1.807) is 0 Å². The van der Waals surface area contributed by atoms with Gasteiger partial charge in [-0.1, -0.05) is 13.2 Å². The Morgan fingerprint density at radius 1 is 0.800 bits per heavy atom. The molecule has 0 bridgehead atoms. The van der Waals surface area contributed by atoms with Crippen LogP contribution in [-0.4, -0.2) is 56.1 Å². The monoisotopic (exact) mass is 426 g/mol. The minimum absolute atomic E-state index is 0.165. The molecule has 1 aliphatic heterocycles. The van der Waals surface area contributed by atoms with Crippen molar-refractivity contribution in [1.82, 2.24) is 0 Å². The molecule has 1 fully saturated rings. The van der Waals surface area contributed by atoms with Crippen molar-refractivity contribution in [2.45, 2.75) is 63.8 Å². The molecule has 1 rings (SSSR count). The minimum Gasteiger partial charge on any atom is -0.463 e. The van der Waals surface area contributed by atoms with Gasteiger partial charge >= 0.3 is 23.9 Å². The lowest BCUT2D eigenvalue weighted by atomic mass is 10.1. The summed E-state index contributed by atoms with van der Waals surface area (Å²) in [5, 5.41) is 0. The molecule has 0 aromatic heterocycles. The second-order valence-electron chi connectivity index (χ2n) is 6.60. The topological polar surface area (TPSA) is 114 Å². The summed E-state index contributed by atoms with van der Waals surface area (Å²) >= 11 is 0. The molecule has 0 aromatic carbocycles. The van der Waals surface area contributed by atoms with E-state index in [-0.39, 0.29) is 50.7 Å². The summed E-state index contributed by atoms with van der Waals surface area (Å²) in [5.41, 5.74) is 0. The van der Waals surface area contributed by atoms with E-state index in [4.69, 9.17) is 23.7 Å². The van der Waals surface area contributed by atoms with Crippen molar-refractivity contribution in [3.63, 3.8) is 0 Å². The van der Waals surface area contributed by atoms with Gasteiger partial charge in [0.05, 0.1) is 19.8 Å². The lowest BCUT2D eigenvalue weighted by Crippen LogP contribution is -2.35. The SMILES string of the molecule is C=CC(=O)OCCCCC(=O)OC1CC[C@H](OC(=O)CCCCOC(=O)C=C)CO1. The van der Waals surface area contributed by atoms with Gasteiger partial charge in [-0.25, -0.2) is 9.59 Å². The normalized spacial score (nSPS) is 18.0. The van der Waals surface area contributed by atoms with Crippen LogP contribution in [0.5, 0.6) is 0 Å². The molecule has 30 heavy (non-hydrogen) atoms.